The van der Waals surface area contributed by atoms with E-state index in [0.717, 1.165) is 19.5 Å². The van der Waals surface area contributed by atoms with Crippen molar-refractivity contribution < 1.29 is 18.6 Å². The van der Waals surface area contributed by atoms with Crippen LogP contribution in [0.2, 0.25) is 5.02 Å². The van der Waals surface area contributed by atoms with Crippen LogP contribution < -0.4 is 19.5 Å². The van der Waals surface area contributed by atoms with Gasteiger partial charge in [0.1, 0.15) is 23.2 Å². The molecule has 27 heavy (non-hydrogen) atoms. The lowest BCUT2D eigenvalue weighted by molar-refractivity contribution is 0.214. The van der Waals surface area contributed by atoms with E-state index in [4.69, 9.17) is 25.8 Å². The van der Waals surface area contributed by atoms with Crippen LogP contribution >= 0.6 is 11.6 Å². The van der Waals surface area contributed by atoms with Gasteiger partial charge in [-0.05, 0) is 31.2 Å². The molecule has 1 fully saturated rings. The van der Waals surface area contributed by atoms with Gasteiger partial charge in [0.25, 0.3) is 0 Å². The standard InChI is InChI=1S/C18H16ClFN4O3/c1-25-12-3-4-13(16(20)15(12)19)27-18-17-11(22-9-23-18)2-5-14(24-17)26-10-6-7-21-8-10/h2-5,9-10,21H,6-8H2,1H3/t10-/m0/s1. The van der Waals surface area contributed by atoms with Crippen LogP contribution in [-0.4, -0.2) is 41.3 Å². The van der Waals surface area contributed by atoms with Gasteiger partial charge in [0.05, 0.1) is 12.6 Å². The summed E-state index contributed by atoms with van der Waals surface area (Å²) >= 11 is 5.95. The van der Waals surface area contributed by atoms with E-state index in [-0.39, 0.29) is 28.5 Å². The molecular weight excluding hydrogens is 375 g/mol. The van der Waals surface area contributed by atoms with Gasteiger partial charge in [0.15, 0.2) is 17.1 Å². The highest BCUT2D eigenvalue weighted by atomic mass is 35.5. The number of methoxy groups -OCH3 is 1. The maximum atomic E-state index is 14.5. The van der Waals surface area contributed by atoms with E-state index in [2.05, 4.69) is 20.3 Å². The molecule has 2 aromatic heterocycles. The van der Waals surface area contributed by atoms with Crippen molar-refractivity contribution in [3.8, 4) is 23.3 Å². The number of ether oxygens (including phenoxy) is 3. The minimum atomic E-state index is -0.743. The van der Waals surface area contributed by atoms with Crippen LogP contribution in [0.1, 0.15) is 6.42 Å². The molecule has 1 aliphatic heterocycles. The molecule has 3 heterocycles. The number of halogens is 2. The monoisotopic (exact) mass is 390 g/mol. The molecule has 0 unspecified atom stereocenters. The first-order valence-corrected chi connectivity index (χ1v) is 8.72. The fourth-order valence-electron chi connectivity index (χ4n) is 2.79. The highest BCUT2D eigenvalue weighted by Crippen LogP contribution is 2.36. The number of fused-ring (bicyclic) bond motifs is 1. The van der Waals surface area contributed by atoms with Crippen molar-refractivity contribution in [1.29, 1.82) is 0 Å². The summed E-state index contributed by atoms with van der Waals surface area (Å²) in [7, 11) is 1.41. The van der Waals surface area contributed by atoms with Crippen molar-refractivity contribution in [2.75, 3.05) is 20.2 Å². The van der Waals surface area contributed by atoms with Crippen LogP contribution in [0, 0.1) is 5.82 Å². The van der Waals surface area contributed by atoms with Crippen molar-refractivity contribution in [2.24, 2.45) is 0 Å². The van der Waals surface area contributed by atoms with E-state index >= 15 is 0 Å². The third-order valence-corrected chi connectivity index (χ3v) is 4.52. The Bertz CT molecular complexity index is 982. The van der Waals surface area contributed by atoms with Gasteiger partial charge in [-0.15, -0.1) is 0 Å². The van der Waals surface area contributed by atoms with Gasteiger partial charge in [-0.1, -0.05) is 11.6 Å². The Morgan fingerprint density at radius 1 is 1.19 bits per heavy atom. The Hall–Kier alpha value is -2.71. The lowest BCUT2D eigenvalue weighted by Gasteiger charge is -2.13. The molecule has 0 bridgehead atoms. The quantitative estimate of drug-likeness (QED) is 0.715. The first-order chi connectivity index (χ1) is 13.2. The number of hydrogen-bond donors (Lipinski definition) is 1. The van der Waals surface area contributed by atoms with E-state index in [1.54, 1.807) is 12.1 Å². The second-order valence-electron chi connectivity index (χ2n) is 5.92. The average molecular weight is 391 g/mol. The van der Waals surface area contributed by atoms with Crippen LogP contribution in [0.3, 0.4) is 0 Å². The molecule has 1 N–H and O–H groups in total. The molecule has 1 saturated heterocycles. The zero-order valence-electron chi connectivity index (χ0n) is 14.4. The average Bonchev–Trinajstić information content (AvgIpc) is 3.19. The minimum Gasteiger partial charge on any atom is -0.495 e. The Kier molecular flexibility index (Phi) is 4.91. The molecule has 9 heteroatoms. The summed E-state index contributed by atoms with van der Waals surface area (Å²) in [4.78, 5) is 12.7. The van der Waals surface area contributed by atoms with Crippen molar-refractivity contribution >= 4 is 22.6 Å². The molecular formula is C18H16ClFN4O3. The first kappa shape index (κ1) is 17.7. The molecule has 4 rings (SSSR count). The second-order valence-corrected chi connectivity index (χ2v) is 6.30. The molecule has 1 aromatic carbocycles. The Morgan fingerprint density at radius 3 is 2.81 bits per heavy atom. The van der Waals surface area contributed by atoms with Gasteiger partial charge in [-0.25, -0.2) is 14.4 Å². The third-order valence-electron chi connectivity index (χ3n) is 4.16. The van der Waals surface area contributed by atoms with Crippen molar-refractivity contribution in [2.45, 2.75) is 12.5 Å². The van der Waals surface area contributed by atoms with Gasteiger partial charge in [0.2, 0.25) is 11.8 Å². The van der Waals surface area contributed by atoms with Crippen molar-refractivity contribution in [3.63, 3.8) is 0 Å². The molecule has 140 valence electrons. The zero-order valence-corrected chi connectivity index (χ0v) is 15.2. The third kappa shape index (κ3) is 3.58. The minimum absolute atomic E-state index is 0.0572. The van der Waals surface area contributed by atoms with E-state index in [1.165, 1.54) is 25.6 Å². The number of nitrogens with zero attached hydrogens (tertiary/aromatic N) is 3. The topological polar surface area (TPSA) is 78.4 Å². The molecule has 0 radical (unpaired) electrons. The molecule has 1 atom stereocenters. The SMILES string of the molecule is COc1ccc(Oc2ncnc3ccc(O[C@H]4CCNC4)nc23)c(F)c1Cl. The van der Waals surface area contributed by atoms with Crippen LogP contribution in [0.25, 0.3) is 11.0 Å². The lowest BCUT2D eigenvalue weighted by atomic mass is 10.3. The van der Waals surface area contributed by atoms with Crippen LogP contribution in [0.4, 0.5) is 4.39 Å². The number of nitrogens with one attached hydrogen (secondary N) is 1. The van der Waals surface area contributed by atoms with Gasteiger partial charge >= 0.3 is 0 Å². The van der Waals surface area contributed by atoms with E-state index in [0.29, 0.717) is 16.9 Å². The Balaban J connectivity index is 1.68. The smallest absolute Gasteiger partial charge is 0.249 e. The molecule has 7 nitrogen and oxygen atoms in total. The van der Waals surface area contributed by atoms with Crippen LogP contribution in [0.5, 0.6) is 23.3 Å². The summed E-state index contributed by atoms with van der Waals surface area (Å²) < 4.78 is 30.9. The largest absolute Gasteiger partial charge is 0.495 e. The predicted molar refractivity (Wildman–Crippen MR) is 97.3 cm³/mol. The summed E-state index contributed by atoms with van der Waals surface area (Å²) in [6, 6.07) is 6.42. The highest BCUT2D eigenvalue weighted by molar-refractivity contribution is 6.32. The van der Waals surface area contributed by atoms with E-state index < -0.39 is 5.82 Å². The maximum Gasteiger partial charge on any atom is 0.249 e. The van der Waals surface area contributed by atoms with E-state index in [9.17, 15) is 4.39 Å². The number of pyridine rings is 1. The van der Waals surface area contributed by atoms with Gasteiger partial charge in [0, 0.05) is 12.6 Å². The highest BCUT2D eigenvalue weighted by Gasteiger charge is 2.19. The fraction of sp³-hybridized carbons (Fsp3) is 0.278. The van der Waals surface area contributed by atoms with Crippen LogP contribution in [0.15, 0.2) is 30.6 Å². The van der Waals surface area contributed by atoms with Gasteiger partial charge in [-0.2, -0.15) is 4.98 Å². The molecule has 0 aliphatic carbocycles. The van der Waals surface area contributed by atoms with E-state index in [1.807, 2.05) is 0 Å². The number of aromatic nitrogens is 3. The van der Waals surface area contributed by atoms with Crippen molar-refractivity contribution in [1.82, 2.24) is 20.3 Å². The van der Waals surface area contributed by atoms with Gasteiger partial charge < -0.3 is 19.5 Å². The number of benzene rings is 1. The number of hydrogen-bond acceptors (Lipinski definition) is 7. The number of rotatable bonds is 5. The summed E-state index contributed by atoms with van der Waals surface area (Å²) in [5, 5.41) is 3.06. The summed E-state index contributed by atoms with van der Waals surface area (Å²) in [5.41, 5.74) is 0.921. The molecule has 3 aromatic rings. The summed E-state index contributed by atoms with van der Waals surface area (Å²) in [6.45, 7) is 1.68. The molecule has 0 amide bonds. The summed E-state index contributed by atoms with van der Waals surface area (Å²) in [6.07, 6.45) is 2.29. The molecule has 1 aliphatic rings. The normalized spacial score (nSPS) is 16.5. The second kappa shape index (κ2) is 7.50. The Labute approximate surface area is 159 Å². The molecule has 0 spiro atoms. The zero-order chi connectivity index (χ0) is 18.8. The lowest BCUT2D eigenvalue weighted by Crippen LogP contribution is -2.20. The van der Waals surface area contributed by atoms with Crippen molar-refractivity contribution in [3.05, 3.63) is 41.4 Å². The fourth-order valence-corrected chi connectivity index (χ4v) is 3.03. The predicted octanol–water partition coefficient (Wildman–Crippen LogP) is 3.36. The van der Waals surface area contributed by atoms with Crippen LogP contribution in [-0.2, 0) is 0 Å². The molecule has 0 saturated carbocycles. The Morgan fingerprint density at radius 2 is 2.04 bits per heavy atom. The maximum absolute atomic E-state index is 14.5. The first-order valence-electron chi connectivity index (χ1n) is 8.34. The van der Waals surface area contributed by atoms with Gasteiger partial charge in [-0.3, -0.25) is 0 Å². The summed E-state index contributed by atoms with van der Waals surface area (Å²) in [5.74, 6) is -0.0756.